The van der Waals surface area contributed by atoms with Crippen LogP contribution in [0, 0.1) is 5.92 Å². The fraction of sp³-hybridized carbons (Fsp3) is 0.529. The van der Waals surface area contributed by atoms with Crippen molar-refractivity contribution in [2.24, 2.45) is 10.9 Å². The van der Waals surface area contributed by atoms with Gasteiger partial charge in [0.1, 0.15) is 0 Å². The molecular formula is C17H25N3O2. The normalized spacial score (nSPS) is 17.0. The molecule has 0 saturated carbocycles. The number of carbonyl (C=O) groups is 1. The summed E-state index contributed by atoms with van der Waals surface area (Å²) in [5.41, 5.74) is 1.01. The Kier molecular flexibility index (Phi) is 6.25. The number of aliphatic imine (C=N–C) groups is 1. The molecule has 5 nitrogen and oxygen atoms in total. The number of likely N-dealkylation sites (tertiary alicyclic amines) is 1. The van der Waals surface area contributed by atoms with E-state index in [1.165, 1.54) is 26.4 Å². The minimum atomic E-state index is -0.234. The highest BCUT2D eigenvalue weighted by molar-refractivity contribution is 5.93. The molecule has 0 aromatic heterocycles. The van der Waals surface area contributed by atoms with Crippen LogP contribution in [0.3, 0.4) is 0 Å². The van der Waals surface area contributed by atoms with Gasteiger partial charge < -0.3 is 15.0 Å². The minimum Gasteiger partial charge on any atom is -0.469 e. The van der Waals surface area contributed by atoms with Crippen LogP contribution < -0.4 is 5.32 Å². The first kappa shape index (κ1) is 16.3. The molecule has 1 saturated heterocycles. The summed E-state index contributed by atoms with van der Waals surface area (Å²) in [4.78, 5) is 18.4. The summed E-state index contributed by atoms with van der Waals surface area (Å²) in [6, 6.07) is 10.0. The summed E-state index contributed by atoms with van der Waals surface area (Å²) >= 11 is 0. The van der Waals surface area contributed by atoms with Crippen molar-refractivity contribution in [3.05, 3.63) is 30.3 Å². The molecule has 2 rings (SSSR count). The van der Waals surface area contributed by atoms with Gasteiger partial charge in [-0.3, -0.25) is 9.79 Å². The molecule has 0 bridgehead atoms. The number of carbonyl (C=O) groups excluding carboxylic acids is 1. The molecule has 1 heterocycles. The van der Waals surface area contributed by atoms with Crippen LogP contribution >= 0.6 is 0 Å². The molecular weight excluding hydrogens is 278 g/mol. The fourth-order valence-electron chi connectivity index (χ4n) is 2.47. The van der Waals surface area contributed by atoms with Crippen LogP contribution in [0.2, 0.25) is 0 Å². The summed E-state index contributed by atoms with van der Waals surface area (Å²) < 4.78 is 4.77. The third-order valence-corrected chi connectivity index (χ3v) is 3.80. The van der Waals surface area contributed by atoms with Crippen LogP contribution in [-0.4, -0.2) is 43.6 Å². The second-order valence-corrected chi connectivity index (χ2v) is 5.63. The van der Waals surface area contributed by atoms with E-state index in [0.717, 1.165) is 24.7 Å². The number of benzene rings is 1. The lowest BCUT2D eigenvalue weighted by molar-refractivity contribution is -0.144. The second-order valence-electron chi connectivity index (χ2n) is 5.63. The summed E-state index contributed by atoms with van der Waals surface area (Å²) in [7, 11) is 1.41. The maximum absolute atomic E-state index is 11.5. The lowest BCUT2D eigenvalue weighted by Crippen LogP contribution is -2.40. The van der Waals surface area contributed by atoms with E-state index >= 15 is 0 Å². The van der Waals surface area contributed by atoms with Crippen LogP contribution in [0.15, 0.2) is 35.3 Å². The van der Waals surface area contributed by atoms with E-state index in [4.69, 9.17) is 4.74 Å². The predicted molar refractivity (Wildman–Crippen MR) is 89.0 cm³/mol. The third-order valence-electron chi connectivity index (χ3n) is 3.80. The zero-order chi connectivity index (χ0) is 15.8. The number of hydrogen-bond acceptors (Lipinski definition) is 3. The second kappa shape index (κ2) is 8.41. The van der Waals surface area contributed by atoms with Crippen molar-refractivity contribution in [1.82, 2.24) is 4.90 Å². The minimum absolute atomic E-state index is 0.221. The van der Waals surface area contributed by atoms with Crippen LogP contribution in [-0.2, 0) is 9.53 Å². The summed E-state index contributed by atoms with van der Waals surface area (Å²) in [6.07, 6.45) is 3.64. The first-order valence-electron chi connectivity index (χ1n) is 7.90. The van der Waals surface area contributed by atoms with Gasteiger partial charge in [0.2, 0.25) is 0 Å². The molecule has 1 aliphatic heterocycles. The topological polar surface area (TPSA) is 53.9 Å². The smallest absolute Gasteiger partial charge is 0.310 e. The molecule has 1 aromatic carbocycles. The number of methoxy groups -OCH3 is 1. The van der Waals surface area contributed by atoms with E-state index in [9.17, 15) is 4.79 Å². The fourth-order valence-corrected chi connectivity index (χ4v) is 2.47. The number of esters is 1. The monoisotopic (exact) mass is 303 g/mol. The van der Waals surface area contributed by atoms with E-state index in [-0.39, 0.29) is 11.9 Å². The molecule has 22 heavy (non-hydrogen) atoms. The summed E-state index contributed by atoms with van der Waals surface area (Å²) in [5, 5.41) is 3.38. The van der Waals surface area contributed by atoms with Gasteiger partial charge in [-0.25, -0.2) is 0 Å². The van der Waals surface area contributed by atoms with E-state index in [0.29, 0.717) is 6.54 Å². The number of guanidine groups is 1. The van der Waals surface area contributed by atoms with Gasteiger partial charge >= 0.3 is 5.97 Å². The van der Waals surface area contributed by atoms with E-state index in [1.807, 2.05) is 37.3 Å². The van der Waals surface area contributed by atoms with Crippen molar-refractivity contribution in [2.75, 3.05) is 32.1 Å². The average molecular weight is 303 g/mol. The number of piperidine rings is 1. The highest BCUT2D eigenvalue weighted by Crippen LogP contribution is 2.13. The maximum atomic E-state index is 11.5. The Morgan fingerprint density at radius 1 is 1.27 bits per heavy atom. The molecule has 1 atom stereocenters. The number of rotatable bonds is 4. The van der Waals surface area contributed by atoms with Gasteiger partial charge in [-0.2, -0.15) is 0 Å². The standard InChI is InChI=1S/C17H25N3O2/c1-14(16(21)22-2)13-18-17(20-11-7-4-8-12-20)19-15-9-5-3-6-10-15/h3,5-6,9-10,14H,4,7-8,11-13H2,1-2H3,(H,18,19). The zero-order valence-electron chi connectivity index (χ0n) is 13.4. The first-order valence-corrected chi connectivity index (χ1v) is 7.90. The highest BCUT2D eigenvalue weighted by atomic mass is 16.5. The van der Waals surface area contributed by atoms with E-state index in [1.54, 1.807) is 0 Å². The van der Waals surface area contributed by atoms with Crippen LogP contribution in [0.25, 0.3) is 0 Å². The largest absolute Gasteiger partial charge is 0.469 e. The summed E-state index contributed by atoms with van der Waals surface area (Å²) in [6.45, 7) is 4.28. The third kappa shape index (κ3) is 4.76. The SMILES string of the molecule is COC(=O)C(C)CN=C(Nc1ccccc1)N1CCCCC1. The van der Waals surface area contributed by atoms with Crippen molar-refractivity contribution in [2.45, 2.75) is 26.2 Å². The number of nitrogens with zero attached hydrogens (tertiary/aromatic N) is 2. The number of ether oxygens (including phenoxy) is 1. The Balaban J connectivity index is 2.08. The van der Waals surface area contributed by atoms with Crippen LogP contribution in [0.5, 0.6) is 0 Å². The lowest BCUT2D eigenvalue weighted by Gasteiger charge is -2.30. The molecule has 1 unspecified atom stereocenters. The number of nitrogens with one attached hydrogen (secondary N) is 1. The Bertz CT molecular complexity index is 496. The van der Waals surface area contributed by atoms with E-state index in [2.05, 4.69) is 15.2 Å². The quantitative estimate of drug-likeness (QED) is 0.528. The maximum Gasteiger partial charge on any atom is 0.310 e. The van der Waals surface area contributed by atoms with Gasteiger partial charge in [0.05, 0.1) is 19.6 Å². The number of anilines is 1. The molecule has 0 spiro atoms. The Morgan fingerprint density at radius 3 is 2.59 bits per heavy atom. The Morgan fingerprint density at radius 2 is 1.95 bits per heavy atom. The number of para-hydroxylation sites is 1. The molecule has 1 aliphatic rings. The van der Waals surface area contributed by atoms with Gasteiger partial charge in [0.15, 0.2) is 5.96 Å². The molecule has 5 heteroatoms. The molecule has 0 aliphatic carbocycles. The Labute approximate surface area is 132 Å². The van der Waals surface area contributed by atoms with Gasteiger partial charge in [-0.1, -0.05) is 25.1 Å². The highest BCUT2D eigenvalue weighted by Gasteiger charge is 2.17. The van der Waals surface area contributed by atoms with Crippen LogP contribution in [0.4, 0.5) is 5.69 Å². The first-order chi connectivity index (χ1) is 10.7. The average Bonchev–Trinajstić information content (AvgIpc) is 2.59. The summed E-state index contributed by atoms with van der Waals surface area (Å²) in [5.74, 6) is 0.394. The molecule has 120 valence electrons. The number of hydrogen-bond donors (Lipinski definition) is 1. The van der Waals surface area contributed by atoms with Gasteiger partial charge in [0.25, 0.3) is 0 Å². The zero-order valence-corrected chi connectivity index (χ0v) is 13.4. The van der Waals surface area contributed by atoms with Crippen LogP contribution in [0.1, 0.15) is 26.2 Å². The molecule has 1 fully saturated rings. The van der Waals surface area contributed by atoms with Crippen molar-refractivity contribution in [1.29, 1.82) is 0 Å². The van der Waals surface area contributed by atoms with Crippen molar-refractivity contribution in [3.63, 3.8) is 0 Å². The van der Waals surface area contributed by atoms with Crippen molar-refractivity contribution < 1.29 is 9.53 Å². The Hall–Kier alpha value is -2.04. The predicted octanol–water partition coefficient (Wildman–Crippen LogP) is 2.75. The molecule has 0 radical (unpaired) electrons. The van der Waals surface area contributed by atoms with Gasteiger partial charge in [-0.05, 0) is 31.4 Å². The van der Waals surface area contributed by atoms with Crippen molar-refractivity contribution >= 4 is 17.6 Å². The molecule has 0 amide bonds. The van der Waals surface area contributed by atoms with Gasteiger partial charge in [-0.15, -0.1) is 0 Å². The lowest BCUT2D eigenvalue weighted by atomic mass is 10.1. The van der Waals surface area contributed by atoms with Gasteiger partial charge in [0, 0.05) is 18.8 Å². The van der Waals surface area contributed by atoms with Crippen molar-refractivity contribution in [3.8, 4) is 0 Å². The molecule has 1 aromatic rings. The molecule has 1 N–H and O–H groups in total. The van der Waals surface area contributed by atoms with E-state index < -0.39 is 0 Å².